The Morgan fingerprint density at radius 1 is 0.650 bits per heavy atom. The summed E-state index contributed by atoms with van der Waals surface area (Å²) < 4.78 is 5.25. The van der Waals surface area contributed by atoms with Gasteiger partial charge in [0.1, 0.15) is 0 Å². The Morgan fingerprint density at radius 2 is 1.23 bits per heavy atom. The Labute approximate surface area is 234 Å². The van der Waals surface area contributed by atoms with Crippen LogP contribution in [0.25, 0.3) is 23.3 Å². The second-order valence-electron chi connectivity index (χ2n) is 9.46. The van der Waals surface area contributed by atoms with Gasteiger partial charge in [-0.1, -0.05) is 103 Å². The van der Waals surface area contributed by atoms with Gasteiger partial charge in [-0.15, -0.1) is 0 Å². The second-order valence-corrected chi connectivity index (χ2v) is 9.46. The Bertz CT molecular complexity index is 1710. The quantitative estimate of drug-likeness (QED) is 0.120. The maximum atomic E-state index is 12.5. The fourth-order valence-electron chi connectivity index (χ4n) is 4.91. The van der Waals surface area contributed by atoms with E-state index in [-0.39, 0.29) is 5.97 Å². The summed E-state index contributed by atoms with van der Waals surface area (Å²) in [5.74, 6) is -0.319. The van der Waals surface area contributed by atoms with Crippen LogP contribution in [-0.4, -0.2) is 18.3 Å². The first-order chi connectivity index (χ1) is 19.7. The second kappa shape index (κ2) is 11.3. The van der Waals surface area contributed by atoms with Crippen molar-refractivity contribution in [2.45, 2.75) is 6.92 Å². The molecule has 5 aromatic carbocycles. The van der Waals surface area contributed by atoms with Crippen LogP contribution in [0.1, 0.15) is 39.5 Å². The highest BCUT2D eigenvalue weighted by molar-refractivity contribution is 6.25. The number of anilines is 2. The number of rotatable bonds is 7. The number of carbonyl (C=O) groups excluding carboxylic acids is 1. The summed E-state index contributed by atoms with van der Waals surface area (Å²) in [4.78, 5) is 12.5. The number of carbonyl (C=O) groups is 1. The molecule has 0 unspecified atom stereocenters. The smallest absolute Gasteiger partial charge is 0.338 e. The van der Waals surface area contributed by atoms with Crippen molar-refractivity contribution in [3.8, 4) is 11.1 Å². The molecule has 0 fully saturated rings. The molecule has 0 amide bonds. The molecular formula is C36H28N2O2. The molecule has 4 heteroatoms. The number of esters is 1. The van der Waals surface area contributed by atoms with Crippen molar-refractivity contribution in [2.75, 3.05) is 11.6 Å². The minimum absolute atomic E-state index is 0.319. The van der Waals surface area contributed by atoms with Crippen molar-refractivity contribution < 1.29 is 9.53 Å². The van der Waals surface area contributed by atoms with Crippen LogP contribution < -0.4 is 5.01 Å². The zero-order valence-electron chi connectivity index (χ0n) is 22.2. The molecule has 194 valence electrons. The number of ether oxygens (including phenoxy) is 1. The normalized spacial score (nSPS) is 12.8. The van der Waals surface area contributed by atoms with Crippen molar-refractivity contribution >= 4 is 35.2 Å². The number of benzene rings is 5. The third kappa shape index (κ3) is 5.07. The summed E-state index contributed by atoms with van der Waals surface area (Å²) >= 11 is 0. The van der Waals surface area contributed by atoms with E-state index in [0.29, 0.717) is 12.2 Å². The van der Waals surface area contributed by atoms with Crippen molar-refractivity contribution in [1.29, 1.82) is 0 Å². The van der Waals surface area contributed by atoms with Crippen LogP contribution in [0.15, 0.2) is 132 Å². The van der Waals surface area contributed by atoms with E-state index in [9.17, 15) is 4.79 Å². The van der Waals surface area contributed by atoms with Crippen LogP contribution in [0.5, 0.6) is 0 Å². The predicted octanol–water partition coefficient (Wildman–Crippen LogP) is 8.60. The fraction of sp³-hybridized carbons (Fsp3) is 0.0556. The van der Waals surface area contributed by atoms with Crippen LogP contribution in [0.4, 0.5) is 11.4 Å². The first kappa shape index (κ1) is 25.1. The lowest BCUT2D eigenvalue weighted by molar-refractivity contribution is 0.0526. The largest absolute Gasteiger partial charge is 0.462 e. The van der Waals surface area contributed by atoms with E-state index < -0.39 is 0 Å². The Morgan fingerprint density at radius 3 is 1.93 bits per heavy atom. The minimum Gasteiger partial charge on any atom is -0.462 e. The third-order valence-electron chi connectivity index (χ3n) is 6.86. The molecule has 6 rings (SSSR count). The molecule has 0 bridgehead atoms. The maximum absolute atomic E-state index is 12.5. The van der Waals surface area contributed by atoms with Crippen LogP contribution >= 0.6 is 0 Å². The van der Waals surface area contributed by atoms with Gasteiger partial charge in [0, 0.05) is 11.1 Å². The topological polar surface area (TPSA) is 41.9 Å². The van der Waals surface area contributed by atoms with Gasteiger partial charge in [0.25, 0.3) is 0 Å². The Kier molecular flexibility index (Phi) is 7.06. The third-order valence-corrected chi connectivity index (χ3v) is 6.86. The minimum atomic E-state index is -0.319. The zero-order chi connectivity index (χ0) is 27.3. The zero-order valence-corrected chi connectivity index (χ0v) is 22.2. The summed E-state index contributed by atoms with van der Waals surface area (Å²) in [6, 6.07) is 42.7. The van der Waals surface area contributed by atoms with Crippen molar-refractivity contribution in [1.82, 2.24) is 0 Å². The summed E-state index contributed by atoms with van der Waals surface area (Å²) in [5, 5.41) is 7.23. The van der Waals surface area contributed by atoms with E-state index in [1.165, 1.54) is 0 Å². The van der Waals surface area contributed by atoms with Crippen molar-refractivity contribution in [3.05, 3.63) is 155 Å². The number of nitrogens with zero attached hydrogens (tertiary/aromatic N) is 2. The number of fused-ring (bicyclic) bond motifs is 3. The van der Waals surface area contributed by atoms with Crippen LogP contribution in [0, 0.1) is 0 Å². The van der Waals surface area contributed by atoms with Gasteiger partial charge in [0.05, 0.1) is 29.3 Å². The molecule has 0 saturated heterocycles. The molecule has 0 aromatic heterocycles. The molecule has 0 radical (unpaired) electrons. The summed E-state index contributed by atoms with van der Waals surface area (Å²) in [5.41, 5.74) is 9.62. The van der Waals surface area contributed by atoms with Crippen molar-refractivity contribution in [3.63, 3.8) is 0 Å². The maximum Gasteiger partial charge on any atom is 0.338 e. The van der Waals surface area contributed by atoms with Gasteiger partial charge in [0.15, 0.2) is 0 Å². The molecular weight excluding hydrogens is 492 g/mol. The van der Waals surface area contributed by atoms with E-state index in [1.54, 1.807) is 0 Å². The van der Waals surface area contributed by atoms with Gasteiger partial charge in [0.2, 0.25) is 0 Å². The lowest BCUT2D eigenvalue weighted by Gasteiger charge is -2.21. The SMILES string of the molecule is CCOC(=O)c1ccc2c(c1)-c1ccccc1/C2=N\N(c1ccccc1)c1ccc(/C=C/c2ccccc2)cc1. The van der Waals surface area contributed by atoms with Gasteiger partial charge in [-0.2, -0.15) is 5.10 Å². The number of hydrogen-bond donors (Lipinski definition) is 0. The molecule has 0 heterocycles. The molecule has 4 nitrogen and oxygen atoms in total. The average molecular weight is 521 g/mol. The molecule has 0 N–H and O–H groups in total. The molecule has 0 aliphatic heterocycles. The lowest BCUT2D eigenvalue weighted by atomic mass is 10.0. The van der Waals surface area contributed by atoms with Gasteiger partial charge in [-0.05, 0) is 65.6 Å². The monoisotopic (exact) mass is 520 g/mol. The number of hydrogen-bond acceptors (Lipinski definition) is 4. The first-order valence-electron chi connectivity index (χ1n) is 13.4. The average Bonchev–Trinajstić information content (AvgIpc) is 3.33. The van der Waals surface area contributed by atoms with E-state index in [1.807, 2.05) is 78.7 Å². The van der Waals surface area contributed by atoms with Crippen LogP contribution in [0.3, 0.4) is 0 Å². The molecule has 0 saturated carbocycles. The summed E-state index contributed by atoms with van der Waals surface area (Å²) in [7, 11) is 0. The van der Waals surface area contributed by atoms with Gasteiger partial charge in [-0.25, -0.2) is 9.80 Å². The fourth-order valence-corrected chi connectivity index (χ4v) is 4.91. The first-order valence-corrected chi connectivity index (χ1v) is 13.4. The molecule has 1 aliphatic carbocycles. The van der Waals surface area contributed by atoms with Crippen molar-refractivity contribution in [2.24, 2.45) is 5.10 Å². The predicted molar refractivity (Wildman–Crippen MR) is 164 cm³/mol. The van der Waals surface area contributed by atoms with E-state index in [0.717, 1.165) is 50.5 Å². The highest BCUT2D eigenvalue weighted by atomic mass is 16.5. The summed E-state index contributed by atoms with van der Waals surface area (Å²) in [6.45, 7) is 2.15. The van der Waals surface area contributed by atoms with Gasteiger partial charge >= 0.3 is 5.97 Å². The highest BCUT2D eigenvalue weighted by Crippen LogP contribution is 2.39. The molecule has 40 heavy (non-hydrogen) atoms. The Balaban J connectivity index is 1.41. The van der Waals surface area contributed by atoms with Crippen LogP contribution in [-0.2, 0) is 4.74 Å². The summed E-state index contributed by atoms with van der Waals surface area (Å²) in [6.07, 6.45) is 4.23. The number of para-hydroxylation sites is 1. The van der Waals surface area contributed by atoms with E-state index in [4.69, 9.17) is 9.84 Å². The molecule has 5 aromatic rings. The molecule has 1 aliphatic rings. The van der Waals surface area contributed by atoms with Gasteiger partial charge in [-0.3, -0.25) is 0 Å². The standard InChI is InChI=1S/C36H28N2O2/c1-2-40-36(39)28-21-24-33-34(25-28)31-15-9-10-16-32(31)35(33)37-38(29-13-7-4-8-14-29)30-22-19-27(20-23-30)18-17-26-11-5-3-6-12-26/h3-25H,2H2,1H3/b18-17+,37-35+. The van der Waals surface area contributed by atoms with E-state index in [2.05, 4.69) is 72.8 Å². The molecule has 0 atom stereocenters. The number of hydrazone groups is 1. The molecule has 0 spiro atoms. The Hall–Kier alpha value is -5.22. The van der Waals surface area contributed by atoms with E-state index >= 15 is 0 Å². The highest BCUT2D eigenvalue weighted by Gasteiger charge is 2.27. The van der Waals surface area contributed by atoms with Crippen LogP contribution in [0.2, 0.25) is 0 Å². The lowest BCUT2D eigenvalue weighted by Crippen LogP contribution is -2.14. The van der Waals surface area contributed by atoms with Gasteiger partial charge < -0.3 is 4.74 Å².